The second-order valence-electron chi connectivity index (χ2n) is 4.56. The summed E-state index contributed by atoms with van der Waals surface area (Å²) in [4.78, 5) is 0. The first-order chi connectivity index (χ1) is 10.3. The van der Waals surface area contributed by atoms with E-state index in [9.17, 15) is 0 Å². The highest BCUT2D eigenvalue weighted by atomic mass is 16.5. The van der Waals surface area contributed by atoms with E-state index >= 15 is 0 Å². The molecule has 0 fully saturated rings. The third kappa shape index (κ3) is 4.77. The molecule has 21 heavy (non-hydrogen) atoms. The Balaban J connectivity index is 1.72. The van der Waals surface area contributed by atoms with E-state index in [0.29, 0.717) is 26.4 Å². The Morgan fingerprint density at radius 1 is 1.00 bits per heavy atom. The van der Waals surface area contributed by atoms with Gasteiger partial charge in [0.15, 0.2) is 0 Å². The highest BCUT2D eigenvalue weighted by Crippen LogP contribution is 2.17. The van der Waals surface area contributed by atoms with Gasteiger partial charge in [-0.05, 0) is 23.8 Å². The maximum atomic E-state index is 5.68. The van der Waals surface area contributed by atoms with Crippen molar-refractivity contribution >= 4 is 0 Å². The normalized spacial score (nSPS) is 10.4. The van der Waals surface area contributed by atoms with Crippen LogP contribution in [0.4, 0.5) is 0 Å². The third-order valence-electron chi connectivity index (χ3n) is 3.08. The van der Waals surface area contributed by atoms with Crippen molar-refractivity contribution in [1.29, 1.82) is 0 Å². The van der Waals surface area contributed by atoms with Gasteiger partial charge in [-0.15, -0.1) is 0 Å². The number of rotatable bonds is 8. The molecular formula is C17H21NO3. The second kappa shape index (κ2) is 8.29. The van der Waals surface area contributed by atoms with E-state index < -0.39 is 0 Å². The lowest BCUT2D eigenvalue weighted by Gasteiger charge is -2.10. The minimum Gasteiger partial charge on any atom is -0.497 e. The van der Waals surface area contributed by atoms with Gasteiger partial charge in [0.25, 0.3) is 0 Å². The van der Waals surface area contributed by atoms with Crippen LogP contribution in [0, 0.1) is 0 Å². The topological polar surface area (TPSA) is 53.7 Å². The minimum absolute atomic E-state index is 0.473. The van der Waals surface area contributed by atoms with Crippen molar-refractivity contribution in [3.05, 3.63) is 59.7 Å². The average Bonchev–Trinajstić information content (AvgIpc) is 2.55. The molecule has 0 saturated carbocycles. The summed E-state index contributed by atoms with van der Waals surface area (Å²) >= 11 is 0. The number of nitrogens with two attached hydrogens (primary N) is 1. The molecular weight excluding hydrogens is 266 g/mol. The number of methoxy groups -OCH3 is 1. The predicted molar refractivity (Wildman–Crippen MR) is 82.5 cm³/mol. The summed E-state index contributed by atoms with van der Waals surface area (Å²) < 4.78 is 16.5. The summed E-state index contributed by atoms with van der Waals surface area (Å²) in [5.41, 5.74) is 7.75. The Morgan fingerprint density at radius 3 is 2.67 bits per heavy atom. The smallest absolute Gasteiger partial charge is 0.123 e. The monoisotopic (exact) mass is 287 g/mol. The van der Waals surface area contributed by atoms with E-state index in [0.717, 1.165) is 22.6 Å². The lowest BCUT2D eigenvalue weighted by atomic mass is 10.2. The largest absolute Gasteiger partial charge is 0.497 e. The SMILES string of the molecule is COc1cccc(COCCOc2ccccc2CN)c1. The molecule has 0 aliphatic carbocycles. The van der Waals surface area contributed by atoms with Crippen LogP contribution in [0.25, 0.3) is 0 Å². The maximum Gasteiger partial charge on any atom is 0.123 e. The van der Waals surface area contributed by atoms with Gasteiger partial charge >= 0.3 is 0 Å². The molecule has 0 bridgehead atoms. The molecule has 0 heterocycles. The minimum atomic E-state index is 0.473. The highest BCUT2D eigenvalue weighted by molar-refractivity contribution is 5.33. The van der Waals surface area contributed by atoms with Gasteiger partial charge in [-0.1, -0.05) is 30.3 Å². The molecule has 4 heteroatoms. The van der Waals surface area contributed by atoms with Gasteiger partial charge < -0.3 is 19.9 Å². The fourth-order valence-corrected chi connectivity index (χ4v) is 1.98. The number of benzene rings is 2. The summed E-state index contributed by atoms with van der Waals surface area (Å²) in [5.74, 6) is 1.66. The molecule has 0 aliphatic heterocycles. The Labute approximate surface area is 125 Å². The molecule has 0 amide bonds. The molecule has 2 aromatic rings. The zero-order chi connectivity index (χ0) is 14.9. The molecule has 0 atom stereocenters. The molecule has 0 unspecified atom stereocenters. The van der Waals surface area contributed by atoms with E-state index in [-0.39, 0.29) is 0 Å². The molecule has 0 aliphatic rings. The van der Waals surface area contributed by atoms with Crippen molar-refractivity contribution in [3.8, 4) is 11.5 Å². The lowest BCUT2D eigenvalue weighted by Crippen LogP contribution is -2.09. The Kier molecular flexibility index (Phi) is 6.06. The number of hydrogen-bond donors (Lipinski definition) is 1. The molecule has 2 aromatic carbocycles. The molecule has 0 spiro atoms. The fourth-order valence-electron chi connectivity index (χ4n) is 1.98. The van der Waals surface area contributed by atoms with Crippen LogP contribution in [0.2, 0.25) is 0 Å². The third-order valence-corrected chi connectivity index (χ3v) is 3.08. The van der Waals surface area contributed by atoms with Crippen molar-refractivity contribution < 1.29 is 14.2 Å². The van der Waals surface area contributed by atoms with Crippen LogP contribution in [0.5, 0.6) is 11.5 Å². The fraction of sp³-hybridized carbons (Fsp3) is 0.294. The van der Waals surface area contributed by atoms with E-state index in [1.165, 1.54) is 0 Å². The standard InChI is InChI=1S/C17H21NO3/c1-19-16-7-4-5-14(11-16)13-20-9-10-21-17-8-3-2-6-15(17)12-18/h2-8,11H,9-10,12-13,18H2,1H3. The first-order valence-electron chi connectivity index (χ1n) is 6.95. The van der Waals surface area contributed by atoms with Crippen molar-refractivity contribution in [2.45, 2.75) is 13.2 Å². The van der Waals surface area contributed by atoms with Crippen LogP contribution >= 0.6 is 0 Å². The van der Waals surface area contributed by atoms with Crippen LogP contribution in [0.1, 0.15) is 11.1 Å². The Bertz CT molecular complexity index is 557. The molecule has 112 valence electrons. The van der Waals surface area contributed by atoms with E-state index in [4.69, 9.17) is 19.9 Å². The lowest BCUT2D eigenvalue weighted by molar-refractivity contribution is 0.0885. The molecule has 0 saturated heterocycles. The molecule has 0 aromatic heterocycles. The van der Waals surface area contributed by atoms with E-state index in [1.807, 2.05) is 48.5 Å². The van der Waals surface area contributed by atoms with Crippen LogP contribution in [0.3, 0.4) is 0 Å². The molecule has 2 N–H and O–H groups in total. The Hall–Kier alpha value is -2.04. The molecule has 4 nitrogen and oxygen atoms in total. The van der Waals surface area contributed by atoms with Crippen molar-refractivity contribution in [2.75, 3.05) is 20.3 Å². The summed E-state index contributed by atoms with van der Waals surface area (Å²) in [6, 6.07) is 15.6. The zero-order valence-corrected chi connectivity index (χ0v) is 12.2. The van der Waals surface area contributed by atoms with Crippen LogP contribution in [-0.4, -0.2) is 20.3 Å². The quantitative estimate of drug-likeness (QED) is 0.759. The first kappa shape index (κ1) is 15.4. The van der Waals surface area contributed by atoms with Crippen molar-refractivity contribution in [1.82, 2.24) is 0 Å². The number of hydrogen-bond acceptors (Lipinski definition) is 4. The van der Waals surface area contributed by atoms with E-state index in [1.54, 1.807) is 7.11 Å². The summed E-state index contributed by atoms with van der Waals surface area (Å²) in [7, 11) is 1.66. The van der Waals surface area contributed by atoms with Crippen LogP contribution in [-0.2, 0) is 17.9 Å². The van der Waals surface area contributed by atoms with Gasteiger partial charge in [0.1, 0.15) is 18.1 Å². The van der Waals surface area contributed by atoms with Gasteiger partial charge in [-0.25, -0.2) is 0 Å². The van der Waals surface area contributed by atoms with Gasteiger partial charge in [0.2, 0.25) is 0 Å². The van der Waals surface area contributed by atoms with E-state index in [2.05, 4.69) is 0 Å². The predicted octanol–water partition coefficient (Wildman–Crippen LogP) is 2.75. The molecule has 0 radical (unpaired) electrons. The van der Waals surface area contributed by atoms with Crippen LogP contribution in [0.15, 0.2) is 48.5 Å². The summed E-state index contributed by atoms with van der Waals surface area (Å²) in [6.07, 6.45) is 0. The van der Waals surface area contributed by atoms with Gasteiger partial charge in [-0.2, -0.15) is 0 Å². The van der Waals surface area contributed by atoms with Gasteiger partial charge in [0.05, 0.1) is 20.3 Å². The van der Waals surface area contributed by atoms with Crippen molar-refractivity contribution in [2.24, 2.45) is 5.73 Å². The zero-order valence-electron chi connectivity index (χ0n) is 12.2. The average molecular weight is 287 g/mol. The Morgan fingerprint density at radius 2 is 1.86 bits per heavy atom. The highest BCUT2D eigenvalue weighted by Gasteiger charge is 2.01. The first-order valence-corrected chi connectivity index (χ1v) is 6.95. The van der Waals surface area contributed by atoms with Crippen LogP contribution < -0.4 is 15.2 Å². The number of para-hydroxylation sites is 1. The molecule has 2 rings (SSSR count). The van der Waals surface area contributed by atoms with Crippen molar-refractivity contribution in [3.63, 3.8) is 0 Å². The summed E-state index contributed by atoms with van der Waals surface area (Å²) in [6.45, 7) is 2.04. The second-order valence-corrected chi connectivity index (χ2v) is 4.56. The number of ether oxygens (including phenoxy) is 3. The summed E-state index contributed by atoms with van der Waals surface area (Å²) in [5, 5.41) is 0. The van der Waals surface area contributed by atoms with Gasteiger partial charge in [0, 0.05) is 12.1 Å². The van der Waals surface area contributed by atoms with Gasteiger partial charge in [-0.3, -0.25) is 0 Å². The maximum absolute atomic E-state index is 5.68.